The highest BCUT2D eigenvalue weighted by Crippen LogP contribution is 2.27. The second-order valence-corrected chi connectivity index (χ2v) is 3.84. The van der Waals surface area contributed by atoms with Crippen molar-refractivity contribution in [3.63, 3.8) is 0 Å². The van der Waals surface area contributed by atoms with Crippen molar-refractivity contribution < 1.29 is 18.7 Å². The molecule has 0 aliphatic rings. The highest BCUT2D eigenvalue weighted by molar-refractivity contribution is 5.67. The van der Waals surface area contributed by atoms with Gasteiger partial charge in [-0.3, -0.25) is 4.79 Å². The van der Waals surface area contributed by atoms with E-state index >= 15 is 0 Å². The van der Waals surface area contributed by atoms with Crippen LogP contribution in [-0.2, 0) is 11.2 Å². The number of carbonyl (C=O) groups is 1. The summed E-state index contributed by atoms with van der Waals surface area (Å²) < 4.78 is 10.9. The molecule has 0 spiro atoms. The fourth-order valence-corrected chi connectivity index (χ4v) is 1.64. The zero-order valence-electron chi connectivity index (χ0n) is 9.69. The molecule has 0 fully saturated rings. The second-order valence-electron chi connectivity index (χ2n) is 3.84. The molecule has 2 aromatic heterocycles. The summed E-state index contributed by atoms with van der Waals surface area (Å²) in [7, 11) is 0. The Balaban J connectivity index is 2.18. The number of rotatable bonds is 4. The van der Waals surface area contributed by atoms with Gasteiger partial charge in [-0.25, -0.2) is 4.98 Å². The van der Waals surface area contributed by atoms with Gasteiger partial charge >= 0.3 is 5.97 Å². The van der Waals surface area contributed by atoms with E-state index in [1.165, 1.54) is 0 Å². The Morgan fingerprint density at radius 2 is 2.18 bits per heavy atom. The summed E-state index contributed by atoms with van der Waals surface area (Å²) in [5, 5.41) is 8.56. The molecule has 90 valence electrons. The maximum Gasteiger partial charge on any atom is 0.303 e. The average molecular weight is 235 g/mol. The lowest BCUT2D eigenvalue weighted by atomic mass is 10.2. The van der Waals surface area contributed by atoms with Gasteiger partial charge in [-0.1, -0.05) is 0 Å². The summed E-state index contributed by atoms with van der Waals surface area (Å²) in [6.07, 6.45) is 1.91. The highest BCUT2D eigenvalue weighted by atomic mass is 16.4. The normalized spacial score (nSPS) is 10.7. The molecule has 0 aliphatic carbocycles. The molecule has 1 N–H and O–H groups in total. The summed E-state index contributed by atoms with van der Waals surface area (Å²) >= 11 is 0. The summed E-state index contributed by atoms with van der Waals surface area (Å²) in [5.41, 5.74) is 0.858. The van der Waals surface area contributed by atoms with Gasteiger partial charge in [-0.15, -0.1) is 0 Å². The predicted molar refractivity (Wildman–Crippen MR) is 59.6 cm³/mol. The molecule has 2 rings (SSSR count). The van der Waals surface area contributed by atoms with Crippen LogP contribution in [-0.4, -0.2) is 16.1 Å². The number of carboxylic acids is 1. The second kappa shape index (κ2) is 4.45. The Bertz CT molecular complexity index is 538. The minimum Gasteiger partial charge on any atom is -0.481 e. The molecule has 0 aliphatic heterocycles. The lowest BCUT2D eigenvalue weighted by Gasteiger charge is -1.92. The topological polar surface area (TPSA) is 76.5 Å². The Morgan fingerprint density at radius 3 is 2.76 bits per heavy atom. The van der Waals surface area contributed by atoms with Crippen LogP contribution in [0.1, 0.15) is 23.8 Å². The van der Waals surface area contributed by atoms with Gasteiger partial charge in [0.15, 0.2) is 11.7 Å². The first-order valence-corrected chi connectivity index (χ1v) is 5.30. The number of aliphatic carboxylic acids is 1. The largest absolute Gasteiger partial charge is 0.481 e. The number of hydrogen-bond donors (Lipinski definition) is 1. The number of furan rings is 1. The fraction of sp³-hybridized carbons (Fsp3) is 0.333. The van der Waals surface area contributed by atoms with Crippen LogP contribution in [0.4, 0.5) is 0 Å². The van der Waals surface area contributed by atoms with E-state index in [0.29, 0.717) is 18.1 Å². The first-order chi connectivity index (χ1) is 8.06. The summed E-state index contributed by atoms with van der Waals surface area (Å²) in [6.45, 7) is 3.71. The molecule has 2 heterocycles. The van der Waals surface area contributed by atoms with Gasteiger partial charge in [-0.2, -0.15) is 0 Å². The average Bonchev–Trinajstić information content (AvgIpc) is 2.82. The molecule has 0 saturated carbocycles. The molecule has 0 saturated heterocycles. The van der Waals surface area contributed by atoms with E-state index in [-0.39, 0.29) is 6.42 Å². The Kier molecular flexibility index (Phi) is 2.99. The SMILES string of the molecule is Cc1cc(-c2cnc(CCC(=O)O)o2)c(C)o1. The van der Waals surface area contributed by atoms with Gasteiger partial charge in [0.05, 0.1) is 18.2 Å². The minimum absolute atomic E-state index is 0.0172. The van der Waals surface area contributed by atoms with Crippen molar-refractivity contribution in [3.05, 3.63) is 29.7 Å². The summed E-state index contributed by atoms with van der Waals surface area (Å²) in [6, 6.07) is 1.87. The van der Waals surface area contributed by atoms with E-state index in [9.17, 15) is 4.79 Å². The van der Waals surface area contributed by atoms with Crippen LogP contribution in [0, 0.1) is 13.8 Å². The first-order valence-electron chi connectivity index (χ1n) is 5.30. The van der Waals surface area contributed by atoms with Crippen molar-refractivity contribution in [2.75, 3.05) is 0 Å². The molecule has 17 heavy (non-hydrogen) atoms. The lowest BCUT2D eigenvalue weighted by molar-refractivity contribution is -0.137. The van der Waals surface area contributed by atoms with Gasteiger partial charge in [-0.05, 0) is 19.9 Å². The van der Waals surface area contributed by atoms with Crippen LogP contribution in [0.25, 0.3) is 11.3 Å². The molecule has 0 atom stereocenters. The zero-order valence-corrected chi connectivity index (χ0v) is 9.69. The van der Waals surface area contributed by atoms with Crippen LogP contribution < -0.4 is 0 Å². The molecule has 0 bridgehead atoms. The molecule has 2 aromatic rings. The van der Waals surface area contributed by atoms with Gasteiger partial charge in [0.25, 0.3) is 0 Å². The lowest BCUT2D eigenvalue weighted by Crippen LogP contribution is -1.97. The predicted octanol–water partition coefficient (Wildman–Crippen LogP) is 2.57. The van der Waals surface area contributed by atoms with Crippen molar-refractivity contribution >= 4 is 5.97 Å². The van der Waals surface area contributed by atoms with Crippen molar-refractivity contribution in [3.8, 4) is 11.3 Å². The van der Waals surface area contributed by atoms with E-state index in [2.05, 4.69) is 4.98 Å². The van der Waals surface area contributed by atoms with Crippen molar-refractivity contribution in [1.29, 1.82) is 0 Å². The Morgan fingerprint density at radius 1 is 1.41 bits per heavy atom. The minimum atomic E-state index is -0.861. The third kappa shape index (κ3) is 2.55. The Hall–Kier alpha value is -2.04. The fourth-order valence-electron chi connectivity index (χ4n) is 1.64. The van der Waals surface area contributed by atoms with Crippen LogP contribution in [0.5, 0.6) is 0 Å². The molecule has 0 aromatic carbocycles. The first kappa shape index (κ1) is 11.4. The highest BCUT2D eigenvalue weighted by Gasteiger charge is 2.13. The molecule has 0 radical (unpaired) electrons. The third-order valence-corrected chi connectivity index (χ3v) is 2.41. The number of aromatic nitrogens is 1. The van der Waals surface area contributed by atoms with Crippen molar-refractivity contribution in [2.45, 2.75) is 26.7 Å². The van der Waals surface area contributed by atoms with E-state index in [0.717, 1.165) is 17.1 Å². The number of hydrogen-bond acceptors (Lipinski definition) is 4. The number of nitrogens with zero attached hydrogens (tertiary/aromatic N) is 1. The summed E-state index contributed by atoms with van der Waals surface area (Å²) in [4.78, 5) is 14.5. The summed E-state index contributed by atoms with van der Waals surface area (Å²) in [5.74, 6) is 1.75. The zero-order chi connectivity index (χ0) is 12.4. The maximum atomic E-state index is 10.4. The molecular formula is C12H13NO4. The quantitative estimate of drug-likeness (QED) is 0.881. The molecule has 5 nitrogen and oxygen atoms in total. The van der Waals surface area contributed by atoms with E-state index < -0.39 is 5.97 Å². The van der Waals surface area contributed by atoms with Gasteiger partial charge in [0.2, 0.25) is 0 Å². The molecule has 0 amide bonds. The maximum absolute atomic E-state index is 10.4. The van der Waals surface area contributed by atoms with Crippen molar-refractivity contribution in [2.24, 2.45) is 0 Å². The van der Waals surface area contributed by atoms with E-state index in [4.69, 9.17) is 13.9 Å². The van der Waals surface area contributed by atoms with Crippen molar-refractivity contribution in [1.82, 2.24) is 4.98 Å². The molecule has 0 unspecified atom stereocenters. The third-order valence-electron chi connectivity index (χ3n) is 2.41. The standard InChI is InChI=1S/C12H13NO4/c1-7-5-9(8(2)16-7)10-6-13-11(17-10)3-4-12(14)15/h5-6H,3-4H2,1-2H3,(H,14,15). The van der Waals surface area contributed by atoms with Crippen LogP contribution >= 0.6 is 0 Å². The molecule has 5 heteroatoms. The number of aryl methyl sites for hydroxylation is 3. The molecular weight excluding hydrogens is 222 g/mol. The van der Waals surface area contributed by atoms with Crippen LogP contribution in [0.15, 0.2) is 21.1 Å². The van der Waals surface area contributed by atoms with E-state index in [1.807, 2.05) is 19.9 Å². The van der Waals surface area contributed by atoms with Gasteiger partial charge in [0, 0.05) is 6.42 Å². The smallest absolute Gasteiger partial charge is 0.303 e. The van der Waals surface area contributed by atoms with Crippen LogP contribution in [0.2, 0.25) is 0 Å². The Labute approximate surface area is 98.1 Å². The monoisotopic (exact) mass is 235 g/mol. The van der Waals surface area contributed by atoms with E-state index in [1.54, 1.807) is 6.20 Å². The van der Waals surface area contributed by atoms with Gasteiger partial charge < -0.3 is 13.9 Å². The number of carboxylic acid groups (broad SMARTS) is 1. The van der Waals surface area contributed by atoms with Crippen LogP contribution in [0.3, 0.4) is 0 Å². The van der Waals surface area contributed by atoms with Gasteiger partial charge in [0.1, 0.15) is 11.5 Å². The number of oxazole rings is 1.